The van der Waals surface area contributed by atoms with E-state index in [1.807, 2.05) is 48.5 Å². The van der Waals surface area contributed by atoms with Gasteiger partial charge < -0.3 is 20.1 Å². The summed E-state index contributed by atoms with van der Waals surface area (Å²) >= 11 is 0. The van der Waals surface area contributed by atoms with Crippen LogP contribution in [0.4, 0.5) is 5.82 Å². The van der Waals surface area contributed by atoms with E-state index in [1.54, 1.807) is 20.3 Å². The zero-order valence-corrected chi connectivity index (χ0v) is 16.5. The lowest BCUT2D eigenvalue weighted by atomic mass is 10.1. The molecule has 1 heterocycles. The maximum atomic E-state index is 12.4. The van der Waals surface area contributed by atoms with Crippen molar-refractivity contribution in [1.29, 1.82) is 0 Å². The molecular weight excluding hydrogens is 368 g/mol. The number of hydrogen-bond acceptors (Lipinski definition) is 6. The summed E-state index contributed by atoms with van der Waals surface area (Å²) in [4.78, 5) is 20.6. The van der Waals surface area contributed by atoms with Gasteiger partial charge in [-0.1, -0.05) is 24.3 Å². The highest BCUT2D eigenvalue weighted by Gasteiger charge is 2.08. The minimum atomic E-state index is -0.234. The number of amides is 1. The molecule has 0 bridgehead atoms. The minimum Gasteiger partial charge on any atom is -0.497 e. The van der Waals surface area contributed by atoms with Crippen molar-refractivity contribution in [2.75, 3.05) is 26.1 Å². The molecule has 2 aromatic carbocycles. The standard InChI is InChI=1S/C22H24N4O3/c1-28-18-8-6-17(7-9-18)14-24-21-13-20(25-15-26-21)22(27)23-11-10-16-4-3-5-19(12-16)29-2/h3-9,12-13,15H,10-11,14H2,1-2H3,(H,23,27)(H,24,25,26). The molecule has 2 N–H and O–H groups in total. The maximum absolute atomic E-state index is 12.4. The molecule has 29 heavy (non-hydrogen) atoms. The number of aromatic nitrogens is 2. The number of carbonyl (C=O) groups excluding carboxylic acids is 1. The summed E-state index contributed by atoms with van der Waals surface area (Å²) in [5.74, 6) is 1.97. The summed E-state index contributed by atoms with van der Waals surface area (Å²) in [7, 11) is 3.27. The molecule has 0 aliphatic carbocycles. The first kappa shape index (κ1) is 20.1. The van der Waals surface area contributed by atoms with Crippen molar-refractivity contribution in [2.24, 2.45) is 0 Å². The van der Waals surface area contributed by atoms with E-state index < -0.39 is 0 Å². The number of hydrogen-bond donors (Lipinski definition) is 2. The first-order chi connectivity index (χ1) is 14.2. The molecule has 3 rings (SSSR count). The van der Waals surface area contributed by atoms with Gasteiger partial charge >= 0.3 is 0 Å². The third-order valence-corrected chi connectivity index (χ3v) is 4.37. The number of nitrogens with zero attached hydrogens (tertiary/aromatic N) is 2. The van der Waals surface area contributed by atoms with E-state index in [2.05, 4.69) is 20.6 Å². The predicted molar refractivity (Wildman–Crippen MR) is 111 cm³/mol. The van der Waals surface area contributed by atoms with Crippen molar-refractivity contribution in [1.82, 2.24) is 15.3 Å². The van der Waals surface area contributed by atoms with E-state index in [0.717, 1.165) is 22.6 Å². The second kappa shape index (κ2) is 10.1. The van der Waals surface area contributed by atoms with Crippen molar-refractivity contribution in [3.05, 3.63) is 77.7 Å². The summed E-state index contributed by atoms with van der Waals surface area (Å²) in [6.07, 6.45) is 2.09. The Morgan fingerprint density at radius 2 is 1.72 bits per heavy atom. The Labute approximate surface area is 170 Å². The molecule has 150 valence electrons. The average molecular weight is 392 g/mol. The number of benzene rings is 2. The third kappa shape index (κ3) is 5.93. The largest absolute Gasteiger partial charge is 0.497 e. The summed E-state index contributed by atoms with van der Waals surface area (Å²) in [6, 6.07) is 17.2. The summed E-state index contributed by atoms with van der Waals surface area (Å²) < 4.78 is 10.4. The van der Waals surface area contributed by atoms with E-state index in [4.69, 9.17) is 9.47 Å². The zero-order valence-electron chi connectivity index (χ0n) is 16.5. The van der Waals surface area contributed by atoms with Gasteiger partial charge in [0.05, 0.1) is 14.2 Å². The molecule has 3 aromatic rings. The molecule has 0 aliphatic heterocycles. The predicted octanol–water partition coefficient (Wildman–Crippen LogP) is 3.08. The lowest BCUT2D eigenvalue weighted by Crippen LogP contribution is -2.26. The molecule has 0 unspecified atom stereocenters. The lowest BCUT2D eigenvalue weighted by Gasteiger charge is -2.09. The zero-order chi connectivity index (χ0) is 20.5. The first-order valence-corrected chi connectivity index (χ1v) is 9.28. The van der Waals surface area contributed by atoms with Crippen LogP contribution in [0.5, 0.6) is 11.5 Å². The smallest absolute Gasteiger partial charge is 0.270 e. The Morgan fingerprint density at radius 3 is 2.48 bits per heavy atom. The molecular formula is C22H24N4O3. The lowest BCUT2D eigenvalue weighted by molar-refractivity contribution is 0.0949. The fraction of sp³-hybridized carbons (Fsp3) is 0.227. The van der Waals surface area contributed by atoms with Crippen LogP contribution in [0, 0.1) is 0 Å². The highest BCUT2D eigenvalue weighted by atomic mass is 16.5. The molecule has 0 saturated heterocycles. The van der Waals surface area contributed by atoms with Gasteiger partial charge in [0.25, 0.3) is 5.91 Å². The Kier molecular flexibility index (Phi) is 7.00. The van der Waals surface area contributed by atoms with Gasteiger partial charge in [-0.15, -0.1) is 0 Å². The number of anilines is 1. The van der Waals surface area contributed by atoms with Gasteiger partial charge in [0.15, 0.2) is 0 Å². The minimum absolute atomic E-state index is 0.234. The molecule has 0 atom stereocenters. The van der Waals surface area contributed by atoms with Crippen LogP contribution in [0.1, 0.15) is 21.6 Å². The normalized spacial score (nSPS) is 10.3. The quantitative estimate of drug-likeness (QED) is 0.582. The van der Waals surface area contributed by atoms with E-state index in [1.165, 1.54) is 6.33 Å². The Morgan fingerprint density at radius 1 is 0.931 bits per heavy atom. The Balaban J connectivity index is 1.51. The summed E-state index contributed by atoms with van der Waals surface area (Å²) in [5.41, 5.74) is 2.49. The van der Waals surface area contributed by atoms with Crippen molar-refractivity contribution < 1.29 is 14.3 Å². The summed E-state index contributed by atoms with van der Waals surface area (Å²) in [6.45, 7) is 1.09. The van der Waals surface area contributed by atoms with Crippen LogP contribution < -0.4 is 20.1 Å². The highest BCUT2D eigenvalue weighted by molar-refractivity contribution is 5.92. The van der Waals surface area contributed by atoms with Gasteiger partial charge in [-0.2, -0.15) is 0 Å². The van der Waals surface area contributed by atoms with Gasteiger partial charge in [-0.25, -0.2) is 9.97 Å². The number of nitrogens with one attached hydrogen (secondary N) is 2. The van der Waals surface area contributed by atoms with Crippen molar-refractivity contribution in [3.8, 4) is 11.5 Å². The van der Waals surface area contributed by atoms with Crippen molar-refractivity contribution in [3.63, 3.8) is 0 Å². The Hall–Kier alpha value is -3.61. The monoisotopic (exact) mass is 392 g/mol. The van der Waals surface area contributed by atoms with Crippen molar-refractivity contribution in [2.45, 2.75) is 13.0 Å². The van der Waals surface area contributed by atoms with Gasteiger partial charge in [0.2, 0.25) is 0 Å². The third-order valence-electron chi connectivity index (χ3n) is 4.37. The molecule has 7 nitrogen and oxygen atoms in total. The van der Waals surface area contributed by atoms with Crippen LogP contribution in [0.2, 0.25) is 0 Å². The fourth-order valence-corrected chi connectivity index (χ4v) is 2.75. The van der Waals surface area contributed by atoms with E-state index >= 15 is 0 Å². The van der Waals surface area contributed by atoms with Crippen LogP contribution in [0.25, 0.3) is 0 Å². The highest BCUT2D eigenvalue weighted by Crippen LogP contribution is 2.14. The van der Waals surface area contributed by atoms with Gasteiger partial charge in [-0.05, 0) is 41.8 Å². The molecule has 0 spiro atoms. The van der Waals surface area contributed by atoms with Crippen LogP contribution in [-0.4, -0.2) is 36.6 Å². The molecule has 1 amide bonds. The van der Waals surface area contributed by atoms with Crippen LogP contribution in [-0.2, 0) is 13.0 Å². The maximum Gasteiger partial charge on any atom is 0.270 e. The first-order valence-electron chi connectivity index (χ1n) is 9.28. The SMILES string of the molecule is COc1ccc(CNc2cc(C(=O)NCCc3cccc(OC)c3)ncn2)cc1. The topological polar surface area (TPSA) is 85.4 Å². The van der Waals surface area contributed by atoms with Gasteiger partial charge in [0, 0.05) is 19.2 Å². The van der Waals surface area contributed by atoms with Crippen LogP contribution in [0.15, 0.2) is 60.9 Å². The van der Waals surface area contributed by atoms with Crippen LogP contribution in [0.3, 0.4) is 0 Å². The molecule has 0 radical (unpaired) electrons. The van der Waals surface area contributed by atoms with Gasteiger partial charge in [0.1, 0.15) is 29.3 Å². The number of methoxy groups -OCH3 is 2. The van der Waals surface area contributed by atoms with E-state index in [9.17, 15) is 4.79 Å². The second-order valence-electron chi connectivity index (χ2n) is 6.35. The molecule has 0 saturated carbocycles. The number of ether oxygens (including phenoxy) is 2. The molecule has 1 aromatic heterocycles. The van der Waals surface area contributed by atoms with Gasteiger partial charge in [-0.3, -0.25) is 4.79 Å². The fourth-order valence-electron chi connectivity index (χ4n) is 2.75. The van der Waals surface area contributed by atoms with E-state index in [-0.39, 0.29) is 5.91 Å². The molecule has 0 aliphatic rings. The Bertz CT molecular complexity index is 945. The number of rotatable bonds is 9. The second-order valence-corrected chi connectivity index (χ2v) is 6.35. The average Bonchev–Trinajstić information content (AvgIpc) is 2.78. The number of carbonyl (C=O) groups is 1. The van der Waals surface area contributed by atoms with E-state index in [0.29, 0.717) is 31.0 Å². The van der Waals surface area contributed by atoms with Crippen molar-refractivity contribution >= 4 is 11.7 Å². The summed E-state index contributed by atoms with van der Waals surface area (Å²) in [5, 5.41) is 6.09. The van der Waals surface area contributed by atoms with Crippen LogP contribution >= 0.6 is 0 Å². The molecule has 7 heteroatoms. The molecule has 0 fully saturated rings.